The maximum atomic E-state index is 9.89. The Balaban J connectivity index is 2.48. The Morgan fingerprint density at radius 3 is 2.10 bits per heavy atom. The molecule has 1 fully saturated rings. The van der Waals surface area contributed by atoms with Crippen molar-refractivity contribution in [2.24, 2.45) is 5.92 Å². The minimum absolute atomic E-state index is 0.378. The quantitative estimate of drug-likeness (QED) is 0.576. The van der Waals surface area contributed by atoms with Crippen LogP contribution in [0.5, 0.6) is 0 Å². The average Bonchev–Trinajstić information content (AvgIpc) is 1.89. The average molecular weight is 142 g/mol. The third kappa shape index (κ3) is 1.50. The van der Waals surface area contributed by atoms with Gasteiger partial charge in [-0.15, -0.1) is 0 Å². The van der Waals surface area contributed by atoms with E-state index >= 15 is 0 Å². The normalized spacial score (nSPS) is 25.2. The van der Waals surface area contributed by atoms with E-state index in [2.05, 4.69) is 19.2 Å². The Kier molecular flexibility index (Phi) is 2.32. The molecule has 59 valence electrons. The molecule has 0 atom stereocenters. The molecule has 1 saturated heterocycles. The van der Waals surface area contributed by atoms with Gasteiger partial charge in [-0.05, 0) is 18.8 Å². The predicted octanol–water partition coefficient (Wildman–Crippen LogP) is 0.772. The predicted molar refractivity (Wildman–Crippen MR) is 40.9 cm³/mol. The van der Waals surface area contributed by atoms with E-state index in [-0.39, 0.29) is 0 Å². The second-order valence-electron chi connectivity index (χ2n) is 3.43. The molecule has 0 saturated carbocycles. The molecule has 1 heterocycles. The van der Waals surface area contributed by atoms with Crippen LogP contribution in [0.3, 0.4) is 0 Å². The lowest BCUT2D eigenvalue weighted by atomic mass is 9.82. The molecule has 2 heteroatoms. The summed E-state index contributed by atoms with van der Waals surface area (Å²) in [5.41, 5.74) is -0.415. The highest BCUT2D eigenvalue weighted by molar-refractivity contribution is 4.86. The Morgan fingerprint density at radius 1 is 1.30 bits per heavy atom. The van der Waals surface area contributed by atoms with E-state index in [0.717, 1.165) is 25.9 Å². The molecule has 1 aliphatic heterocycles. The van der Waals surface area contributed by atoms with Crippen LogP contribution in [0.4, 0.5) is 0 Å². The summed E-state index contributed by atoms with van der Waals surface area (Å²) in [7, 11) is 0. The zero-order valence-corrected chi connectivity index (χ0v) is 6.80. The van der Waals surface area contributed by atoms with E-state index in [4.69, 9.17) is 0 Å². The minimum Gasteiger partial charge on any atom is -0.390 e. The highest BCUT2D eigenvalue weighted by Gasteiger charge is 2.32. The fourth-order valence-corrected chi connectivity index (χ4v) is 1.36. The van der Waals surface area contributed by atoms with Crippen molar-refractivity contribution in [1.82, 2.24) is 5.32 Å². The van der Waals surface area contributed by atoms with E-state index in [1.165, 1.54) is 0 Å². The van der Waals surface area contributed by atoms with Crippen molar-refractivity contribution in [1.29, 1.82) is 0 Å². The summed E-state index contributed by atoms with van der Waals surface area (Å²) in [6.07, 6.45) is 1.70. The maximum absolute atomic E-state index is 9.89. The number of hydrogen-bond acceptors (Lipinski definition) is 1. The summed E-state index contributed by atoms with van der Waals surface area (Å²) in [6, 6.07) is 0. The van der Waals surface area contributed by atoms with Crippen molar-refractivity contribution in [2.75, 3.05) is 13.1 Å². The fraction of sp³-hybridized carbons (Fsp3) is 1.00. The third-order valence-corrected chi connectivity index (χ3v) is 2.48. The molecule has 0 amide bonds. The lowest BCUT2D eigenvalue weighted by Gasteiger charge is -2.35. The molecular weight excluding hydrogens is 126 g/mol. The van der Waals surface area contributed by atoms with Crippen LogP contribution in [0.15, 0.2) is 0 Å². The summed E-state index contributed by atoms with van der Waals surface area (Å²) in [5.74, 6) is 0.378. The molecule has 0 spiro atoms. The fourth-order valence-electron chi connectivity index (χ4n) is 1.36. The van der Waals surface area contributed by atoms with Crippen molar-refractivity contribution in [3.8, 4) is 0 Å². The van der Waals surface area contributed by atoms with Crippen molar-refractivity contribution in [2.45, 2.75) is 32.3 Å². The van der Waals surface area contributed by atoms with Gasteiger partial charge in [0.25, 0.3) is 0 Å². The SMILES string of the molecule is CC(C)C1(O)CC[N]CC1. The maximum Gasteiger partial charge on any atom is 0.0696 e. The van der Waals surface area contributed by atoms with Gasteiger partial charge in [-0.25, -0.2) is 5.32 Å². The van der Waals surface area contributed by atoms with E-state index in [9.17, 15) is 5.11 Å². The zero-order chi connectivity index (χ0) is 7.61. The van der Waals surface area contributed by atoms with Gasteiger partial charge in [0.05, 0.1) is 5.60 Å². The molecule has 0 aromatic rings. The van der Waals surface area contributed by atoms with Crippen LogP contribution < -0.4 is 5.32 Å². The Hall–Kier alpha value is -0.0800. The van der Waals surface area contributed by atoms with E-state index in [1.54, 1.807) is 0 Å². The van der Waals surface area contributed by atoms with Crippen molar-refractivity contribution in [3.63, 3.8) is 0 Å². The molecule has 1 rings (SSSR count). The van der Waals surface area contributed by atoms with Crippen molar-refractivity contribution < 1.29 is 5.11 Å². The van der Waals surface area contributed by atoms with Gasteiger partial charge in [0, 0.05) is 13.1 Å². The lowest BCUT2D eigenvalue weighted by Crippen LogP contribution is -2.43. The molecule has 10 heavy (non-hydrogen) atoms. The van der Waals surface area contributed by atoms with Crippen LogP contribution in [-0.4, -0.2) is 23.8 Å². The first-order chi connectivity index (χ1) is 4.65. The van der Waals surface area contributed by atoms with Gasteiger partial charge in [0.1, 0.15) is 0 Å². The van der Waals surface area contributed by atoms with Crippen molar-refractivity contribution in [3.05, 3.63) is 0 Å². The first kappa shape index (κ1) is 8.02. The van der Waals surface area contributed by atoms with Gasteiger partial charge in [-0.2, -0.15) is 0 Å². The number of rotatable bonds is 1. The number of nitrogens with zero attached hydrogens (tertiary/aromatic N) is 1. The second-order valence-corrected chi connectivity index (χ2v) is 3.43. The molecule has 0 aromatic carbocycles. The summed E-state index contributed by atoms with van der Waals surface area (Å²) < 4.78 is 0. The molecule has 1 aliphatic rings. The topological polar surface area (TPSA) is 34.3 Å². The third-order valence-electron chi connectivity index (χ3n) is 2.48. The molecule has 2 nitrogen and oxygen atoms in total. The summed E-state index contributed by atoms with van der Waals surface area (Å²) in [5, 5.41) is 14.1. The van der Waals surface area contributed by atoms with Crippen molar-refractivity contribution >= 4 is 0 Å². The van der Waals surface area contributed by atoms with E-state index in [1.807, 2.05) is 0 Å². The summed E-state index contributed by atoms with van der Waals surface area (Å²) in [4.78, 5) is 0. The molecular formula is C8H16NO. The Labute approximate surface area is 62.6 Å². The van der Waals surface area contributed by atoms with Gasteiger partial charge in [-0.1, -0.05) is 13.8 Å². The second kappa shape index (κ2) is 2.89. The van der Waals surface area contributed by atoms with E-state index < -0.39 is 5.60 Å². The smallest absolute Gasteiger partial charge is 0.0696 e. The Bertz CT molecular complexity index is 106. The van der Waals surface area contributed by atoms with Crippen LogP contribution in [0.25, 0.3) is 0 Å². The van der Waals surface area contributed by atoms with Crippen LogP contribution in [0, 0.1) is 5.92 Å². The zero-order valence-electron chi connectivity index (χ0n) is 6.80. The highest BCUT2D eigenvalue weighted by Crippen LogP contribution is 2.26. The lowest BCUT2D eigenvalue weighted by molar-refractivity contribution is -0.0317. The minimum atomic E-state index is -0.415. The molecule has 0 unspecified atom stereocenters. The molecule has 1 N–H and O–H groups in total. The number of aliphatic hydroxyl groups is 1. The number of hydrogen-bond donors (Lipinski definition) is 1. The van der Waals surface area contributed by atoms with Crippen LogP contribution in [-0.2, 0) is 0 Å². The van der Waals surface area contributed by atoms with Crippen LogP contribution in [0.2, 0.25) is 0 Å². The van der Waals surface area contributed by atoms with Gasteiger partial charge in [-0.3, -0.25) is 0 Å². The standard InChI is InChI=1S/C8H16NO/c1-7(2)8(10)3-5-9-6-4-8/h7,10H,3-6H2,1-2H3. The van der Waals surface area contributed by atoms with Gasteiger partial charge >= 0.3 is 0 Å². The molecule has 0 bridgehead atoms. The number of piperidine rings is 1. The first-order valence-corrected chi connectivity index (χ1v) is 4.01. The van der Waals surface area contributed by atoms with Gasteiger partial charge in [0.15, 0.2) is 0 Å². The first-order valence-electron chi connectivity index (χ1n) is 4.01. The Morgan fingerprint density at radius 2 is 1.80 bits per heavy atom. The van der Waals surface area contributed by atoms with E-state index in [0.29, 0.717) is 5.92 Å². The van der Waals surface area contributed by atoms with Crippen LogP contribution in [0.1, 0.15) is 26.7 Å². The largest absolute Gasteiger partial charge is 0.390 e. The van der Waals surface area contributed by atoms with Gasteiger partial charge < -0.3 is 5.11 Å². The van der Waals surface area contributed by atoms with Gasteiger partial charge in [0.2, 0.25) is 0 Å². The van der Waals surface area contributed by atoms with Crippen LogP contribution >= 0.6 is 0 Å². The monoisotopic (exact) mass is 142 g/mol. The molecule has 0 aromatic heterocycles. The summed E-state index contributed by atoms with van der Waals surface area (Å²) in [6.45, 7) is 5.83. The highest BCUT2D eigenvalue weighted by atomic mass is 16.3. The molecule has 1 radical (unpaired) electrons. The molecule has 0 aliphatic carbocycles. The summed E-state index contributed by atoms with van der Waals surface area (Å²) >= 11 is 0.